The molecule has 0 fully saturated rings. The molecule has 20 heavy (non-hydrogen) atoms. The van der Waals surface area contributed by atoms with Gasteiger partial charge in [0.1, 0.15) is 11.5 Å². The Hall–Kier alpha value is -1.56. The fourth-order valence-corrected chi connectivity index (χ4v) is 2.69. The number of benzene rings is 1. The average molecular weight is 293 g/mol. The van der Waals surface area contributed by atoms with Crippen LogP contribution in [0.5, 0.6) is 11.5 Å². The van der Waals surface area contributed by atoms with Crippen LogP contribution in [-0.4, -0.2) is 23.9 Å². The van der Waals surface area contributed by atoms with E-state index in [1.165, 1.54) is 0 Å². The highest BCUT2D eigenvalue weighted by Crippen LogP contribution is 2.28. The molecule has 0 spiro atoms. The minimum atomic E-state index is -0.545. The van der Waals surface area contributed by atoms with Gasteiger partial charge < -0.3 is 20.3 Å². The lowest BCUT2D eigenvalue weighted by Crippen LogP contribution is -2.24. The minimum Gasteiger partial charge on any atom is -0.508 e. The first kappa shape index (κ1) is 14.8. The third-order valence-electron chi connectivity index (χ3n) is 3.25. The molecule has 1 aromatic heterocycles. The first-order valence-electron chi connectivity index (χ1n) is 6.42. The maximum absolute atomic E-state index is 10.0. The van der Waals surface area contributed by atoms with Crippen molar-refractivity contribution in [1.82, 2.24) is 5.32 Å². The summed E-state index contributed by atoms with van der Waals surface area (Å²) in [6.07, 6.45) is -0.545. The van der Waals surface area contributed by atoms with Gasteiger partial charge in [0.25, 0.3) is 0 Å². The smallest absolute Gasteiger partial charge is 0.120 e. The Morgan fingerprint density at radius 2 is 2.15 bits per heavy atom. The van der Waals surface area contributed by atoms with Crippen molar-refractivity contribution in [3.63, 3.8) is 0 Å². The fraction of sp³-hybridized carbons (Fsp3) is 0.333. The summed E-state index contributed by atoms with van der Waals surface area (Å²) in [5, 5.41) is 27.0. The van der Waals surface area contributed by atoms with Gasteiger partial charge in [-0.25, -0.2) is 0 Å². The van der Waals surface area contributed by atoms with E-state index in [-0.39, 0.29) is 11.8 Å². The number of hydrogen-bond donors (Lipinski definition) is 3. The highest BCUT2D eigenvalue weighted by Gasteiger charge is 2.14. The van der Waals surface area contributed by atoms with E-state index >= 15 is 0 Å². The summed E-state index contributed by atoms with van der Waals surface area (Å²) in [7, 11) is 1.59. The zero-order valence-corrected chi connectivity index (χ0v) is 12.4. The van der Waals surface area contributed by atoms with Gasteiger partial charge in [0.2, 0.25) is 0 Å². The third-order valence-corrected chi connectivity index (χ3v) is 3.95. The SMILES string of the molecule is COc1ccc(O)c(C(C)NCC(O)c2ccsc2)c1. The summed E-state index contributed by atoms with van der Waals surface area (Å²) < 4.78 is 5.16. The summed E-state index contributed by atoms with van der Waals surface area (Å²) in [6.45, 7) is 2.36. The molecule has 0 saturated carbocycles. The van der Waals surface area contributed by atoms with Crippen molar-refractivity contribution in [1.29, 1.82) is 0 Å². The monoisotopic (exact) mass is 293 g/mol. The number of ether oxygens (including phenoxy) is 1. The lowest BCUT2D eigenvalue weighted by atomic mass is 10.1. The molecular weight excluding hydrogens is 274 g/mol. The maximum atomic E-state index is 10.0. The van der Waals surface area contributed by atoms with E-state index < -0.39 is 6.10 Å². The summed E-state index contributed by atoms with van der Waals surface area (Å²) in [4.78, 5) is 0. The van der Waals surface area contributed by atoms with Gasteiger partial charge in [-0.15, -0.1) is 0 Å². The first-order chi connectivity index (χ1) is 9.61. The third kappa shape index (κ3) is 3.50. The molecule has 2 aromatic rings. The second kappa shape index (κ2) is 6.74. The Labute approximate surface area is 122 Å². The summed E-state index contributed by atoms with van der Waals surface area (Å²) in [5.41, 5.74) is 1.66. The lowest BCUT2D eigenvalue weighted by Gasteiger charge is -2.18. The van der Waals surface area contributed by atoms with Gasteiger partial charge >= 0.3 is 0 Å². The van der Waals surface area contributed by atoms with Crippen LogP contribution in [0.25, 0.3) is 0 Å². The largest absolute Gasteiger partial charge is 0.508 e. The number of aliphatic hydroxyl groups is 1. The molecule has 2 rings (SSSR count). The Kier molecular flexibility index (Phi) is 5.00. The van der Waals surface area contributed by atoms with Crippen LogP contribution in [0.15, 0.2) is 35.0 Å². The molecule has 0 saturated heterocycles. The van der Waals surface area contributed by atoms with Gasteiger partial charge in [-0.2, -0.15) is 11.3 Å². The molecule has 2 unspecified atom stereocenters. The van der Waals surface area contributed by atoms with E-state index in [4.69, 9.17) is 4.74 Å². The molecule has 0 bridgehead atoms. The Balaban J connectivity index is 1.99. The lowest BCUT2D eigenvalue weighted by molar-refractivity contribution is 0.171. The van der Waals surface area contributed by atoms with Crippen molar-refractivity contribution in [2.24, 2.45) is 0 Å². The number of aromatic hydroxyl groups is 1. The van der Waals surface area contributed by atoms with Crippen LogP contribution in [-0.2, 0) is 0 Å². The van der Waals surface area contributed by atoms with Gasteiger partial charge in [0.15, 0.2) is 0 Å². The van der Waals surface area contributed by atoms with Gasteiger partial charge in [0.05, 0.1) is 13.2 Å². The van der Waals surface area contributed by atoms with Crippen LogP contribution in [0.3, 0.4) is 0 Å². The molecule has 2 atom stereocenters. The predicted molar refractivity (Wildman–Crippen MR) is 80.4 cm³/mol. The zero-order chi connectivity index (χ0) is 14.5. The maximum Gasteiger partial charge on any atom is 0.120 e. The van der Waals surface area contributed by atoms with Crippen LogP contribution in [0.2, 0.25) is 0 Å². The highest BCUT2D eigenvalue weighted by molar-refractivity contribution is 7.07. The molecule has 0 aliphatic carbocycles. The quantitative estimate of drug-likeness (QED) is 0.766. The summed E-state index contributed by atoms with van der Waals surface area (Å²) >= 11 is 1.56. The number of phenolic OH excluding ortho intramolecular Hbond substituents is 1. The number of thiophene rings is 1. The minimum absolute atomic E-state index is 0.0848. The molecule has 108 valence electrons. The van der Waals surface area contributed by atoms with E-state index in [9.17, 15) is 10.2 Å². The first-order valence-corrected chi connectivity index (χ1v) is 7.36. The second-order valence-corrected chi connectivity index (χ2v) is 5.41. The van der Waals surface area contributed by atoms with Gasteiger partial charge in [0, 0.05) is 18.2 Å². The van der Waals surface area contributed by atoms with Crippen molar-refractivity contribution < 1.29 is 14.9 Å². The molecule has 5 heteroatoms. The van der Waals surface area contributed by atoms with Crippen LogP contribution >= 0.6 is 11.3 Å². The molecule has 0 radical (unpaired) electrons. The highest BCUT2D eigenvalue weighted by atomic mass is 32.1. The van der Waals surface area contributed by atoms with E-state index in [0.29, 0.717) is 12.3 Å². The Bertz CT molecular complexity index is 542. The van der Waals surface area contributed by atoms with E-state index in [2.05, 4.69) is 5.32 Å². The van der Waals surface area contributed by atoms with Crippen molar-refractivity contribution >= 4 is 11.3 Å². The molecule has 0 aliphatic heterocycles. The number of hydrogen-bond acceptors (Lipinski definition) is 5. The molecule has 1 aromatic carbocycles. The average Bonchev–Trinajstić information content (AvgIpc) is 2.99. The van der Waals surface area contributed by atoms with Crippen molar-refractivity contribution in [3.8, 4) is 11.5 Å². The number of aliphatic hydroxyl groups excluding tert-OH is 1. The number of methoxy groups -OCH3 is 1. The summed E-state index contributed by atoms with van der Waals surface area (Å²) in [5.74, 6) is 0.917. The van der Waals surface area contributed by atoms with Gasteiger partial charge in [-0.1, -0.05) is 0 Å². The summed E-state index contributed by atoms with van der Waals surface area (Å²) in [6, 6.07) is 6.95. The Morgan fingerprint density at radius 3 is 2.80 bits per heavy atom. The number of nitrogens with one attached hydrogen (secondary N) is 1. The second-order valence-electron chi connectivity index (χ2n) is 4.63. The van der Waals surface area contributed by atoms with E-state index in [1.807, 2.05) is 23.8 Å². The normalized spacial score (nSPS) is 13.9. The number of rotatable bonds is 6. The van der Waals surface area contributed by atoms with Gasteiger partial charge in [-0.3, -0.25) is 0 Å². The Morgan fingerprint density at radius 1 is 1.35 bits per heavy atom. The van der Waals surface area contributed by atoms with E-state index in [1.54, 1.807) is 36.6 Å². The van der Waals surface area contributed by atoms with Crippen LogP contribution in [0.1, 0.15) is 30.2 Å². The van der Waals surface area contributed by atoms with E-state index in [0.717, 1.165) is 11.1 Å². The molecule has 0 amide bonds. The van der Waals surface area contributed by atoms with Crippen LogP contribution < -0.4 is 10.1 Å². The molecular formula is C15H19NO3S. The van der Waals surface area contributed by atoms with Crippen LogP contribution in [0, 0.1) is 0 Å². The fourth-order valence-electron chi connectivity index (χ4n) is 1.99. The van der Waals surface area contributed by atoms with Crippen molar-refractivity contribution in [2.45, 2.75) is 19.1 Å². The van der Waals surface area contributed by atoms with Crippen molar-refractivity contribution in [3.05, 3.63) is 46.2 Å². The van der Waals surface area contributed by atoms with Gasteiger partial charge in [-0.05, 0) is 47.5 Å². The standard InChI is InChI=1S/C15H19NO3S/c1-10(13-7-12(19-2)3-4-14(13)17)16-8-15(18)11-5-6-20-9-11/h3-7,9-10,15-18H,8H2,1-2H3. The van der Waals surface area contributed by atoms with Crippen molar-refractivity contribution in [2.75, 3.05) is 13.7 Å². The van der Waals surface area contributed by atoms with Crippen LogP contribution in [0.4, 0.5) is 0 Å². The predicted octanol–water partition coefficient (Wildman–Crippen LogP) is 2.85. The number of phenols is 1. The molecule has 3 N–H and O–H groups in total. The zero-order valence-electron chi connectivity index (χ0n) is 11.5. The molecule has 1 heterocycles. The molecule has 4 nitrogen and oxygen atoms in total. The molecule has 0 aliphatic rings. The topological polar surface area (TPSA) is 61.7 Å².